The van der Waals surface area contributed by atoms with Crippen LogP contribution in [-0.2, 0) is 4.74 Å². The Bertz CT molecular complexity index is 930. The molecule has 8 heteroatoms. The van der Waals surface area contributed by atoms with E-state index in [1.54, 1.807) is 9.58 Å². The molecule has 0 bridgehead atoms. The first-order valence-corrected chi connectivity index (χ1v) is 11.1. The van der Waals surface area contributed by atoms with Crippen molar-refractivity contribution >= 4 is 5.91 Å². The van der Waals surface area contributed by atoms with Gasteiger partial charge in [-0.2, -0.15) is 5.10 Å². The second kappa shape index (κ2) is 10.2. The lowest BCUT2D eigenvalue weighted by Gasteiger charge is -2.35. The van der Waals surface area contributed by atoms with Crippen LogP contribution in [0.1, 0.15) is 22.6 Å². The SMILES string of the molecule is Cc1cc(=O)c(C(=O)N2CCN(CCN3CCCOCC3)CC2)nn1-c1ccccc1. The van der Waals surface area contributed by atoms with Crippen molar-refractivity contribution in [2.45, 2.75) is 13.3 Å². The first kappa shape index (κ1) is 21.7. The van der Waals surface area contributed by atoms with Crippen LogP contribution in [0.15, 0.2) is 41.2 Å². The Hall–Kier alpha value is -2.55. The smallest absolute Gasteiger partial charge is 0.278 e. The molecular weight excluding hydrogens is 394 g/mol. The van der Waals surface area contributed by atoms with E-state index in [2.05, 4.69) is 14.9 Å². The van der Waals surface area contributed by atoms with E-state index in [4.69, 9.17) is 4.74 Å². The number of benzene rings is 1. The third kappa shape index (κ3) is 5.39. The molecule has 31 heavy (non-hydrogen) atoms. The number of carbonyl (C=O) groups excluding carboxylic acids is 1. The number of amides is 1. The second-order valence-electron chi connectivity index (χ2n) is 8.19. The quantitative estimate of drug-likeness (QED) is 0.713. The molecule has 2 aliphatic heterocycles. The zero-order valence-electron chi connectivity index (χ0n) is 18.2. The average Bonchev–Trinajstić information content (AvgIpc) is 3.07. The Morgan fingerprint density at radius 2 is 1.68 bits per heavy atom. The first-order valence-electron chi connectivity index (χ1n) is 11.1. The molecule has 3 heterocycles. The Morgan fingerprint density at radius 3 is 2.42 bits per heavy atom. The minimum atomic E-state index is -0.319. The molecule has 1 aromatic heterocycles. The van der Waals surface area contributed by atoms with Crippen molar-refractivity contribution in [2.75, 3.05) is 65.6 Å². The molecule has 0 N–H and O–H groups in total. The highest BCUT2D eigenvalue weighted by Gasteiger charge is 2.26. The van der Waals surface area contributed by atoms with Crippen molar-refractivity contribution in [1.29, 1.82) is 0 Å². The van der Waals surface area contributed by atoms with Crippen molar-refractivity contribution in [3.63, 3.8) is 0 Å². The summed E-state index contributed by atoms with van der Waals surface area (Å²) in [5.74, 6) is -0.279. The predicted molar refractivity (Wildman–Crippen MR) is 119 cm³/mol. The fraction of sp³-hybridized carbons (Fsp3) is 0.522. The van der Waals surface area contributed by atoms with Crippen molar-refractivity contribution in [2.24, 2.45) is 0 Å². The lowest BCUT2D eigenvalue weighted by molar-refractivity contribution is 0.0612. The highest BCUT2D eigenvalue weighted by molar-refractivity contribution is 5.92. The number of aryl methyl sites for hydroxylation is 1. The lowest BCUT2D eigenvalue weighted by atomic mass is 10.2. The second-order valence-corrected chi connectivity index (χ2v) is 8.19. The van der Waals surface area contributed by atoms with E-state index < -0.39 is 0 Å². The van der Waals surface area contributed by atoms with Crippen LogP contribution in [-0.4, -0.2) is 96.0 Å². The molecule has 2 fully saturated rings. The molecule has 4 rings (SSSR count). The summed E-state index contributed by atoms with van der Waals surface area (Å²) in [6.07, 6.45) is 1.09. The number of carbonyl (C=O) groups is 1. The molecule has 1 aromatic carbocycles. The predicted octanol–water partition coefficient (Wildman–Crippen LogP) is 1.02. The van der Waals surface area contributed by atoms with Crippen LogP contribution in [0.2, 0.25) is 0 Å². The van der Waals surface area contributed by atoms with Gasteiger partial charge in [-0.05, 0) is 25.5 Å². The van der Waals surface area contributed by atoms with Crippen LogP contribution in [0.3, 0.4) is 0 Å². The molecule has 8 nitrogen and oxygen atoms in total. The fourth-order valence-electron chi connectivity index (χ4n) is 4.15. The number of nitrogens with zero attached hydrogens (tertiary/aromatic N) is 5. The number of hydrogen-bond donors (Lipinski definition) is 0. The van der Waals surface area contributed by atoms with Gasteiger partial charge in [-0.1, -0.05) is 18.2 Å². The molecule has 2 aliphatic rings. The average molecular weight is 426 g/mol. The van der Waals surface area contributed by atoms with E-state index in [0.717, 1.165) is 64.6 Å². The number of hydrogen-bond acceptors (Lipinski definition) is 6. The number of piperazine rings is 1. The van der Waals surface area contributed by atoms with Crippen molar-refractivity contribution in [3.05, 3.63) is 58.0 Å². The third-order valence-electron chi connectivity index (χ3n) is 6.02. The largest absolute Gasteiger partial charge is 0.380 e. The Morgan fingerprint density at radius 1 is 0.968 bits per heavy atom. The van der Waals surface area contributed by atoms with E-state index in [1.165, 1.54) is 6.07 Å². The highest BCUT2D eigenvalue weighted by atomic mass is 16.5. The van der Waals surface area contributed by atoms with Crippen molar-refractivity contribution in [3.8, 4) is 5.69 Å². The molecule has 0 aliphatic carbocycles. The molecule has 1 amide bonds. The molecular formula is C23H31N5O3. The van der Waals surface area contributed by atoms with Crippen LogP contribution < -0.4 is 5.43 Å². The van der Waals surface area contributed by atoms with Crippen LogP contribution >= 0.6 is 0 Å². The van der Waals surface area contributed by atoms with Gasteiger partial charge in [0.25, 0.3) is 5.91 Å². The van der Waals surface area contributed by atoms with Gasteiger partial charge in [-0.25, -0.2) is 4.68 Å². The van der Waals surface area contributed by atoms with Gasteiger partial charge in [0, 0.05) is 70.7 Å². The maximum atomic E-state index is 13.1. The summed E-state index contributed by atoms with van der Waals surface area (Å²) in [6.45, 7) is 10.4. The van der Waals surface area contributed by atoms with Gasteiger partial charge < -0.3 is 9.64 Å². The van der Waals surface area contributed by atoms with Crippen LogP contribution in [0.4, 0.5) is 0 Å². The third-order valence-corrected chi connectivity index (χ3v) is 6.02. The Kier molecular flexibility index (Phi) is 7.11. The van der Waals surface area contributed by atoms with Crippen LogP contribution in [0.25, 0.3) is 5.69 Å². The first-order chi connectivity index (χ1) is 15.1. The minimum Gasteiger partial charge on any atom is -0.380 e. The summed E-state index contributed by atoms with van der Waals surface area (Å²) in [7, 11) is 0. The fourth-order valence-corrected chi connectivity index (χ4v) is 4.15. The monoisotopic (exact) mass is 425 g/mol. The van der Waals surface area contributed by atoms with Gasteiger partial charge in [-0.15, -0.1) is 0 Å². The molecule has 0 unspecified atom stereocenters. The summed E-state index contributed by atoms with van der Waals surface area (Å²) in [5, 5.41) is 4.42. The summed E-state index contributed by atoms with van der Waals surface area (Å²) in [6, 6.07) is 11.1. The Labute approximate surface area is 183 Å². The topological polar surface area (TPSA) is 70.9 Å². The standard InChI is InChI=1S/C23H31N5O3/c1-19-18-21(29)22(24-28(19)20-6-3-2-4-7-20)23(30)27-13-11-26(12-14-27)10-9-25-8-5-16-31-17-15-25/h2-4,6-7,18H,5,8-17H2,1H3. The van der Waals surface area contributed by atoms with Gasteiger partial charge in [0.1, 0.15) is 0 Å². The number of rotatable bonds is 5. The Balaban J connectivity index is 1.37. The van der Waals surface area contributed by atoms with E-state index in [0.29, 0.717) is 18.8 Å². The van der Waals surface area contributed by atoms with Crippen LogP contribution in [0.5, 0.6) is 0 Å². The maximum absolute atomic E-state index is 13.1. The van der Waals surface area contributed by atoms with E-state index in [-0.39, 0.29) is 17.0 Å². The molecule has 2 aromatic rings. The highest BCUT2D eigenvalue weighted by Crippen LogP contribution is 2.10. The van der Waals surface area contributed by atoms with Crippen LogP contribution in [0, 0.1) is 6.92 Å². The summed E-state index contributed by atoms with van der Waals surface area (Å²) < 4.78 is 7.18. The molecule has 166 valence electrons. The normalized spacial score (nSPS) is 18.7. The maximum Gasteiger partial charge on any atom is 0.278 e. The zero-order chi connectivity index (χ0) is 21.6. The number of para-hydroxylation sites is 1. The summed E-state index contributed by atoms with van der Waals surface area (Å²) in [4.78, 5) is 32.2. The van der Waals surface area contributed by atoms with Gasteiger partial charge in [0.15, 0.2) is 5.69 Å². The van der Waals surface area contributed by atoms with E-state index >= 15 is 0 Å². The number of aromatic nitrogens is 2. The minimum absolute atomic E-state index is 0.00697. The molecule has 0 radical (unpaired) electrons. The van der Waals surface area contributed by atoms with Gasteiger partial charge in [-0.3, -0.25) is 19.4 Å². The van der Waals surface area contributed by atoms with E-state index in [9.17, 15) is 9.59 Å². The summed E-state index contributed by atoms with van der Waals surface area (Å²) >= 11 is 0. The summed E-state index contributed by atoms with van der Waals surface area (Å²) in [5.41, 5.74) is 1.21. The van der Waals surface area contributed by atoms with Gasteiger partial charge in [0.2, 0.25) is 5.43 Å². The molecule has 0 atom stereocenters. The lowest BCUT2D eigenvalue weighted by Crippen LogP contribution is -2.51. The van der Waals surface area contributed by atoms with E-state index in [1.807, 2.05) is 37.3 Å². The van der Waals surface area contributed by atoms with Gasteiger partial charge >= 0.3 is 0 Å². The van der Waals surface area contributed by atoms with Gasteiger partial charge in [0.05, 0.1) is 12.3 Å². The number of ether oxygens (including phenoxy) is 1. The molecule has 2 saturated heterocycles. The zero-order valence-corrected chi connectivity index (χ0v) is 18.2. The van der Waals surface area contributed by atoms with Crippen molar-refractivity contribution in [1.82, 2.24) is 24.5 Å². The molecule has 0 spiro atoms. The molecule has 0 saturated carbocycles. The van der Waals surface area contributed by atoms with Crippen molar-refractivity contribution < 1.29 is 9.53 Å².